The number of ether oxygens (including phenoxy) is 1. The summed E-state index contributed by atoms with van der Waals surface area (Å²) in [6.07, 6.45) is 1.03. The Hall–Kier alpha value is -3.40. The van der Waals surface area contributed by atoms with E-state index in [9.17, 15) is 0 Å². The van der Waals surface area contributed by atoms with Crippen LogP contribution in [-0.4, -0.2) is 23.6 Å². The third-order valence-electron chi connectivity index (χ3n) is 5.07. The number of hydrogen-bond acceptors (Lipinski definition) is 4. The molecule has 1 aromatic heterocycles. The highest BCUT2D eigenvalue weighted by Crippen LogP contribution is 2.37. The van der Waals surface area contributed by atoms with Gasteiger partial charge in [-0.15, -0.1) is 0 Å². The van der Waals surface area contributed by atoms with Crippen LogP contribution in [0.2, 0.25) is 0 Å². The molecule has 1 aliphatic heterocycles. The first-order valence-electron chi connectivity index (χ1n) is 9.10. The first kappa shape index (κ1) is 15.8. The first-order chi connectivity index (χ1) is 13.3. The van der Waals surface area contributed by atoms with Gasteiger partial charge in [0, 0.05) is 23.2 Å². The van der Waals surface area contributed by atoms with E-state index in [2.05, 4.69) is 41.3 Å². The van der Waals surface area contributed by atoms with Crippen molar-refractivity contribution in [2.75, 3.05) is 18.6 Å². The summed E-state index contributed by atoms with van der Waals surface area (Å²) in [4.78, 5) is 12.1. The molecule has 0 unspecified atom stereocenters. The maximum Gasteiger partial charge on any atom is 0.162 e. The van der Waals surface area contributed by atoms with E-state index in [1.165, 1.54) is 11.3 Å². The van der Waals surface area contributed by atoms with Crippen LogP contribution in [0.3, 0.4) is 0 Å². The summed E-state index contributed by atoms with van der Waals surface area (Å²) >= 11 is 0. The van der Waals surface area contributed by atoms with E-state index in [1.54, 1.807) is 7.11 Å². The number of anilines is 2. The molecule has 0 N–H and O–H groups in total. The van der Waals surface area contributed by atoms with Crippen molar-refractivity contribution < 1.29 is 4.74 Å². The van der Waals surface area contributed by atoms with Gasteiger partial charge in [0.1, 0.15) is 11.6 Å². The van der Waals surface area contributed by atoms with Crippen molar-refractivity contribution in [2.24, 2.45) is 0 Å². The number of nitrogens with zero attached hydrogens (tertiary/aromatic N) is 3. The van der Waals surface area contributed by atoms with Gasteiger partial charge in [0.15, 0.2) is 5.82 Å². The summed E-state index contributed by atoms with van der Waals surface area (Å²) in [5.74, 6) is 2.53. The standard InChI is InChI=1S/C23H19N3O/c1-27-18-12-10-17(11-13-18)22-24-20-8-4-3-7-19(20)23(25-22)26-15-14-16-6-2-5-9-21(16)26/h2-13H,14-15H2,1H3. The summed E-state index contributed by atoms with van der Waals surface area (Å²) in [5.41, 5.74) is 4.54. The van der Waals surface area contributed by atoms with Crippen molar-refractivity contribution in [3.8, 4) is 17.1 Å². The molecule has 1 aliphatic rings. The largest absolute Gasteiger partial charge is 0.497 e. The zero-order valence-electron chi connectivity index (χ0n) is 15.1. The molecule has 2 heterocycles. The zero-order valence-corrected chi connectivity index (χ0v) is 15.1. The van der Waals surface area contributed by atoms with Crippen LogP contribution >= 0.6 is 0 Å². The van der Waals surface area contributed by atoms with Crippen molar-refractivity contribution >= 4 is 22.4 Å². The highest BCUT2D eigenvalue weighted by atomic mass is 16.5. The molecular weight excluding hydrogens is 334 g/mol. The van der Waals surface area contributed by atoms with Crippen LogP contribution in [0.5, 0.6) is 5.75 Å². The van der Waals surface area contributed by atoms with E-state index in [4.69, 9.17) is 14.7 Å². The summed E-state index contributed by atoms with van der Waals surface area (Å²) in [7, 11) is 1.67. The Labute approximate surface area is 158 Å². The summed E-state index contributed by atoms with van der Waals surface area (Å²) in [6.45, 7) is 0.933. The Bertz CT molecular complexity index is 1120. The molecule has 0 aliphatic carbocycles. The molecule has 4 heteroatoms. The molecule has 3 aromatic carbocycles. The van der Waals surface area contributed by atoms with Crippen LogP contribution in [0.15, 0.2) is 72.8 Å². The number of para-hydroxylation sites is 2. The third-order valence-corrected chi connectivity index (χ3v) is 5.07. The van der Waals surface area contributed by atoms with Crippen LogP contribution in [0.25, 0.3) is 22.3 Å². The smallest absolute Gasteiger partial charge is 0.162 e. The second-order valence-electron chi connectivity index (χ2n) is 6.65. The SMILES string of the molecule is COc1ccc(-c2nc(N3CCc4ccccc43)c3ccccc3n2)cc1. The summed E-state index contributed by atoms with van der Waals surface area (Å²) < 4.78 is 5.27. The van der Waals surface area contributed by atoms with E-state index < -0.39 is 0 Å². The van der Waals surface area contributed by atoms with Gasteiger partial charge in [-0.3, -0.25) is 0 Å². The number of fused-ring (bicyclic) bond motifs is 2. The molecule has 0 saturated carbocycles. The van der Waals surface area contributed by atoms with Gasteiger partial charge >= 0.3 is 0 Å². The molecule has 4 aromatic rings. The van der Waals surface area contributed by atoms with Crippen LogP contribution in [0, 0.1) is 0 Å². The summed E-state index contributed by atoms with van der Waals surface area (Å²) in [5, 5.41) is 1.08. The topological polar surface area (TPSA) is 38.2 Å². The highest BCUT2D eigenvalue weighted by molar-refractivity contribution is 5.93. The molecule has 0 bridgehead atoms. The monoisotopic (exact) mass is 353 g/mol. The van der Waals surface area contributed by atoms with E-state index in [0.29, 0.717) is 0 Å². The van der Waals surface area contributed by atoms with E-state index in [1.807, 2.05) is 36.4 Å². The molecule has 0 amide bonds. The Morgan fingerprint density at radius 1 is 0.852 bits per heavy atom. The average Bonchev–Trinajstić information content (AvgIpc) is 3.17. The average molecular weight is 353 g/mol. The lowest BCUT2D eigenvalue weighted by molar-refractivity contribution is 0.415. The predicted molar refractivity (Wildman–Crippen MR) is 109 cm³/mol. The fourth-order valence-corrected chi connectivity index (χ4v) is 3.69. The molecule has 0 fully saturated rings. The zero-order chi connectivity index (χ0) is 18.2. The normalized spacial score (nSPS) is 13.0. The lowest BCUT2D eigenvalue weighted by atomic mass is 10.1. The molecule has 4 nitrogen and oxygen atoms in total. The maximum atomic E-state index is 5.27. The first-order valence-corrected chi connectivity index (χ1v) is 9.10. The fourth-order valence-electron chi connectivity index (χ4n) is 3.69. The van der Waals surface area contributed by atoms with Gasteiger partial charge < -0.3 is 9.64 Å². The number of aromatic nitrogens is 2. The molecule has 0 spiro atoms. The predicted octanol–water partition coefficient (Wildman–Crippen LogP) is 5.00. The van der Waals surface area contributed by atoms with Crippen LogP contribution in [0.1, 0.15) is 5.56 Å². The number of benzene rings is 3. The van der Waals surface area contributed by atoms with Gasteiger partial charge in [-0.2, -0.15) is 0 Å². The minimum absolute atomic E-state index is 0.732. The van der Waals surface area contributed by atoms with Crippen LogP contribution < -0.4 is 9.64 Å². The number of methoxy groups -OCH3 is 1. The van der Waals surface area contributed by atoms with Gasteiger partial charge in [0.25, 0.3) is 0 Å². The Morgan fingerprint density at radius 3 is 2.48 bits per heavy atom. The lowest BCUT2D eigenvalue weighted by Gasteiger charge is -2.21. The van der Waals surface area contributed by atoms with Crippen LogP contribution in [-0.2, 0) is 6.42 Å². The fraction of sp³-hybridized carbons (Fsp3) is 0.130. The lowest BCUT2D eigenvalue weighted by Crippen LogP contribution is -2.16. The summed E-state index contributed by atoms with van der Waals surface area (Å²) in [6, 6.07) is 24.7. The maximum absolute atomic E-state index is 5.27. The van der Waals surface area contributed by atoms with Crippen molar-refractivity contribution in [1.29, 1.82) is 0 Å². The molecule has 0 atom stereocenters. The van der Waals surface area contributed by atoms with Crippen molar-refractivity contribution in [2.45, 2.75) is 6.42 Å². The van der Waals surface area contributed by atoms with Crippen molar-refractivity contribution in [3.63, 3.8) is 0 Å². The Morgan fingerprint density at radius 2 is 1.63 bits per heavy atom. The number of hydrogen-bond donors (Lipinski definition) is 0. The molecule has 5 rings (SSSR count). The van der Waals surface area contributed by atoms with Gasteiger partial charge in [0.05, 0.1) is 12.6 Å². The molecule has 0 radical (unpaired) electrons. The van der Waals surface area contributed by atoms with Gasteiger partial charge in [-0.25, -0.2) is 9.97 Å². The number of rotatable bonds is 3. The van der Waals surface area contributed by atoms with Gasteiger partial charge in [0.2, 0.25) is 0 Å². The second kappa shape index (κ2) is 6.40. The Kier molecular flexibility index (Phi) is 3.75. The third kappa shape index (κ3) is 2.70. The second-order valence-corrected chi connectivity index (χ2v) is 6.65. The van der Waals surface area contributed by atoms with Crippen molar-refractivity contribution in [1.82, 2.24) is 9.97 Å². The molecule has 132 valence electrons. The van der Waals surface area contributed by atoms with E-state index in [0.717, 1.165) is 46.8 Å². The van der Waals surface area contributed by atoms with Gasteiger partial charge in [-0.1, -0.05) is 30.3 Å². The minimum Gasteiger partial charge on any atom is -0.497 e. The van der Waals surface area contributed by atoms with Gasteiger partial charge in [-0.05, 0) is 54.4 Å². The minimum atomic E-state index is 0.732. The van der Waals surface area contributed by atoms with E-state index in [-0.39, 0.29) is 0 Å². The molecular formula is C23H19N3O. The van der Waals surface area contributed by atoms with E-state index >= 15 is 0 Å². The van der Waals surface area contributed by atoms with Crippen LogP contribution in [0.4, 0.5) is 11.5 Å². The quantitative estimate of drug-likeness (QED) is 0.519. The Balaban J connectivity index is 1.69. The van der Waals surface area contributed by atoms with Crippen molar-refractivity contribution in [3.05, 3.63) is 78.4 Å². The molecule has 27 heavy (non-hydrogen) atoms. The molecule has 0 saturated heterocycles. The highest BCUT2D eigenvalue weighted by Gasteiger charge is 2.23.